The Morgan fingerprint density at radius 2 is 0.650 bits per heavy atom. The van der Waals surface area contributed by atoms with Gasteiger partial charge in [0.25, 0.3) is 0 Å². The highest BCUT2D eigenvalue weighted by Gasteiger charge is 2.88. The Bertz CT molecular complexity index is 573. The molecule has 4 atom stereocenters. The second kappa shape index (κ2) is 3.96. The fraction of sp³-hybridized carbons (Fsp3) is 0.400. The van der Waals surface area contributed by atoms with Crippen LogP contribution in [0.15, 0.2) is 20.1 Å². The van der Waals surface area contributed by atoms with Crippen molar-refractivity contribution in [3.8, 4) is 0 Å². The van der Waals surface area contributed by atoms with Crippen molar-refractivity contribution < 1.29 is 9.59 Å². The van der Waals surface area contributed by atoms with E-state index in [0.717, 1.165) is 0 Å². The molecular formula is C10Cl8O2. The van der Waals surface area contributed by atoms with Crippen LogP contribution in [0.5, 0.6) is 0 Å². The number of alkyl halides is 4. The standard InChI is InChI=1S/C10Cl8O2/c11-1-2(12)8(16)5(19)7(1,15)9(17)3(13)4(14)10(8,18)6(9)20/t7-,8+,9+,10-. The maximum Gasteiger partial charge on any atom is 0.190 e. The maximum absolute atomic E-state index is 12.6. The molecule has 4 bridgehead atoms. The van der Waals surface area contributed by atoms with E-state index in [0.29, 0.717) is 0 Å². The molecule has 0 spiro atoms. The summed E-state index contributed by atoms with van der Waals surface area (Å²) in [4.78, 5) is 16.3. The van der Waals surface area contributed by atoms with E-state index in [1.54, 1.807) is 0 Å². The highest BCUT2D eigenvalue weighted by Crippen LogP contribution is 2.74. The van der Waals surface area contributed by atoms with Crippen LogP contribution in [-0.4, -0.2) is 31.1 Å². The predicted molar refractivity (Wildman–Crippen MR) is 81.8 cm³/mol. The number of rotatable bonds is 0. The Balaban J connectivity index is 2.56. The van der Waals surface area contributed by atoms with E-state index in [1.165, 1.54) is 0 Å². The van der Waals surface area contributed by atoms with Crippen LogP contribution >= 0.6 is 92.8 Å². The van der Waals surface area contributed by atoms with Crippen molar-refractivity contribution in [3.05, 3.63) is 20.1 Å². The van der Waals surface area contributed by atoms with E-state index in [2.05, 4.69) is 0 Å². The van der Waals surface area contributed by atoms with Gasteiger partial charge in [0.15, 0.2) is 31.1 Å². The highest BCUT2D eigenvalue weighted by atomic mass is 35.5. The number of hydrogen-bond acceptors (Lipinski definition) is 2. The summed E-state index contributed by atoms with van der Waals surface area (Å²) in [6.45, 7) is 0. The molecule has 1 fully saturated rings. The molecule has 0 heterocycles. The molecule has 0 unspecified atom stereocenters. The molecule has 20 heavy (non-hydrogen) atoms. The minimum Gasteiger partial charge on any atom is -0.295 e. The van der Waals surface area contributed by atoms with Crippen LogP contribution in [-0.2, 0) is 9.59 Å². The average molecular weight is 436 g/mol. The normalized spacial score (nSPS) is 50.6. The first-order valence-corrected chi connectivity index (χ1v) is 7.94. The largest absolute Gasteiger partial charge is 0.295 e. The number of carbonyl (C=O) groups excluding carboxylic acids is 2. The van der Waals surface area contributed by atoms with Gasteiger partial charge in [-0.15, -0.1) is 46.4 Å². The molecule has 0 amide bonds. The fourth-order valence-corrected chi connectivity index (χ4v) is 6.34. The number of ketones is 2. The Hall–Kier alpha value is 1.14. The van der Waals surface area contributed by atoms with Gasteiger partial charge in [0.05, 0.1) is 20.1 Å². The summed E-state index contributed by atoms with van der Waals surface area (Å²) in [5, 5.41) is -1.52. The number of Topliss-reactive ketones (excluding diaryl/α,β-unsaturated/α-hetero) is 2. The van der Waals surface area contributed by atoms with Gasteiger partial charge < -0.3 is 0 Å². The van der Waals surface area contributed by atoms with Crippen molar-refractivity contribution in [2.24, 2.45) is 0 Å². The van der Waals surface area contributed by atoms with Gasteiger partial charge in [-0.1, -0.05) is 46.4 Å². The molecule has 3 aliphatic carbocycles. The summed E-state index contributed by atoms with van der Waals surface area (Å²) < 4.78 is 0. The lowest BCUT2D eigenvalue weighted by molar-refractivity contribution is -0.133. The summed E-state index contributed by atoms with van der Waals surface area (Å²) in [6.07, 6.45) is 0. The Morgan fingerprint density at radius 3 is 0.800 bits per heavy atom. The Kier molecular flexibility index (Phi) is 3.17. The third-order valence-corrected chi connectivity index (χ3v) is 9.04. The lowest BCUT2D eigenvalue weighted by Crippen LogP contribution is -2.70. The lowest BCUT2D eigenvalue weighted by Gasteiger charge is -2.44. The zero-order valence-electron chi connectivity index (χ0n) is 8.84. The van der Waals surface area contributed by atoms with E-state index in [-0.39, 0.29) is 20.1 Å². The summed E-state index contributed by atoms with van der Waals surface area (Å²) in [5.74, 6) is -1.86. The number of allylic oxidation sites excluding steroid dienone is 4. The van der Waals surface area contributed by atoms with Crippen molar-refractivity contribution in [1.29, 1.82) is 0 Å². The van der Waals surface area contributed by atoms with Crippen molar-refractivity contribution in [3.63, 3.8) is 0 Å². The summed E-state index contributed by atoms with van der Waals surface area (Å²) in [7, 11) is 0. The van der Waals surface area contributed by atoms with Gasteiger partial charge in [-0.3, -0.25) is 9.59 Å². The molecule has 0 N–H and O–H groups in total. The fourth-order valence-electron chi connectivity index (χ4n) is 2.71. The first-order chi connectivity index (χ1) is 8.94. The molecule has 1 saturated carbocycles. The summed E-state index contributed by atoms with van der Waals surface area (Å²) in [5.41, 5.74) is 0. The maximum atomic E-state index is 12.6. The number of carbonyl (C=O) groups is 2. The molecule has 0 radical (unpaired) electrons. The third-order valence-electron chi connectivity index (χ3n) is 3.80. The van der Waals surface area contributed by atoms with Gasteiger partial charge in [0.1, 0.15) is 0 Å². The molecule has 108 valence electrons. The van der Waals surface area contributed by atoms with Gasteiger partial charge in [-0.05, 0) is 0 Å². The monoisotopic (exact) mass is 432 g/mol. The Morgan fingerprint density at radius 1 is 0.500 bits per heavy atom. The van der Waals surface area contributed by atoms with Gasteiger partial charge in [0, 0.05) is 0 Å². The molecule has 0 aromatic heterocycles. The van der Waals surface area contributed by atoms with Gasteiger partial charge in [0.2, 0.25) is 0 Å². The zero-order chi connectivity index (χ0) is 15.5. The molecular weight excluding hydrogens is 436 g/mol. The molecule has 0 aromatic carbocycles. The number of hydrogen-bond donors (Lipinski definition) is 0. The summed E-state index contributed by atoms with van der Waals surface area (Å²) in [6, 6.07) is 0. The highest BCUT2D eigenvalue weighted by molar-refractivity contribution is 6.76. The van der Waals surface area contributed by atoms with Crippen LogP contribution in [0, 0.1) is 0 Å². The minimum atomic E-state index is -2.24. The van der Waals surface area contributed by atoms with E-state index in [9.17, 15) is 9.59 Å². The van der Waals surface area contributed by atoms with Crippen LogP contribution in [0.2, 0.25) is 0 Å². The van der Waals surface area contributed by atoms with E-state index in [1.807, 2.05) is 0 Å². The van der Waals surface area contributed by atoms with Gasteiger partial charge in [-0.2, -0.15) is 0 Å². The quantitative estimate of drug-likeness (QED) is 0.527. The van der Waals surface area contributed by atoms with E-state index >= 15 is 0 Å². The zero-order valence-corrected chi connectivity index (χ0v) is 14.9. The molecule has 10 heteroatoms. The number of fused-ring (bicyclic) bond motifs is 6. The van der Waals surface area contributed by atoms with Gasteiger partial charge in [-0.25, -0.2) is 0 Å². The smallest absolute Gasteiger partial charge is 0.190 e. The molecule has 3 aliphatic rings. The van der Waals surface area contributed by atoms with E-state index in [4.69, 9.17) is 92.8 Å². The second-order valence-corrected chi connectivity index (χ2v) is 8.33. The van der Waals surface area contributed by atoms with Crippen LogP contribution in [0.1, 0.15) is 0 Å². The molecule has 0 aromatic rings. The van der Waals surface area contributed by atoms with Crippen molar-refractivity contribution in [1.82, 2.24) is 0 Å². The van der Waals surface area contributed by atoms with Crippen LogP contribution < -0.4 is 0 Å². The van der Waals surface area contributed by atoms with Crippen LogP contribution in [0.4, 0.5) is 0 Å². The van der Waals surface area contributed by atoms with Crippen molar-refractivity contribution in [2.75, 3.05) is 0 Å². The van der Waals surface area contributed by atoms with E-state index < -0.39 is 31.1 Å². The SMILES string of the molecule is O=C1[C@@]2(Cl)C(Cl)=C(Cl)[C@]1(Cl)[C@@]1(Cl)C(=O)[C@]2(Cl)C(Cl)=C1Cl. The molecule has 2 nitrogen and oxygen atoms in total. The van der Waals surface area contributed by atoms with Crippen LogP contribution in [0.25, 0.3) is 0 Å². The van der Waals surface area contributed by atoms with Gasteiger partial charge >= 0.3 is 0 Å². The third kappa shape index (κ3) is 1.12. The Labute approximate surface area is 152 Å². The first-order valence-electron chi connectivity index (χ1n) is 4.92. The second-order valence-electron chi connectivity index (χ2n) is 4.55. The molecule has 0 aliphatic heterocycles. The molecule has 3 rings (SSSR count). The van der Waals surface area contributed by atoms with Crippen molar-refractivity contribution in [2.45, 2.75) is 19.5 Å². The lowest BCUT2D eigenvalue weighted by atomic mass is 9.73. The van der Waals surface area contributed by atoms with Crippen LogP contribution in [0.3, 0.4) is 0 Å². The molecule has 0 saturated heterocycles. The predicted octanol–water partition coefficient (Wildman–Crippen LogP) is 4.45. The minimum absolute atomic E-state index is 0.381. The first kappa shape index (κ1) is 16.0. The van der Waals surface area contributed by atoms with Crippen molar-refractivity contribution >= 4 is 104 Å². The number of halogens is 8. The average Bonchev–Trinajstić information content (AvgIpc) is 2.63. The summed E-state index contributed by atoms with van der Waals surface area (Å²) >= 11 is 49.0. The topological polar surface area (TPSA) is 34.1 Å².